The van der Waals surface area contributed by atoms with Crippen molar-refractivity contribution >= 4 is 38.6 Å². The van der Waals surface area contributed by atoms with Gasteiger partial charge in [0.1, 0.15) is 5.69 Å². The number of thiazole rings is 1. The number of carbonyl (C=O) groups is 1. The average molecular weight is 493 g/mol. The van der Waals surface area contributed by atoms with Crippen molar-refractivity contribution in [2.45, 2.75) is 38.5 Å². The lowest BCUT2D eigenvalue weighted by Gasteiger charge is -2.30. The fourth-order valence-electron chi connectivity index (χ4n) is 4.26. The van der Waals surface area contributed by atoms with Crippen molar-refractivity contribution in [3.63, 3.8) is 0 Å². The number of unbranched alkanes of at least 4 members (excludes halogenated alkanes) is 1. The number of nitrogens with zero attached hydrogens (tertiary/aromatic N) is 3. The van der Waals surface area contributed by atoms with Crippen molar-refractivity contribution in [3.8, 4) is 0 Å². The first-order chi connectivity index (χ1) is 16.0. The summed E-state index contributed by atoms with van der Waals surface area (Å²) in [5, 5.41) is 5.73. The number of piperidine rings is 1. The number of nitrogens with one attached hydrogen (secondary N) is 1. The number of amides is 1. The van der Waals surface area contributed by atoms with Gasteiger partial charge in [-0.1, -0.05) is 25.5 Å². The summed E-state index contributed by atoms with van der Waals surface area (Å²) in [6.07, 6.45) is 3.04. The first-order valence-electron chi connectivity index (χ1n) is 11.6. The van der Waals surface area contributed by atoms with Gasteiger partial charge in [-0.15, -0.1) is 11.3 Å². The van der Waals surface area contributed by atoms with E-state index in [2.05, 4.69) is 15.2 Å². The zero-order valence-corrected chi connectivity index (χ0v) is 20.7. The number of hydrogen-bond acceptors (Lipinski definition) is 7. The number of aromatic nitrogens is 1. The monoisotopic (exact) mass is 492 g/mol. The predicted octanol–water partition coefficient (Wildman–Crippen LogP) is 3.54. The molecule has 1 amide bonds. The summed E-state index contributed by atoms with van der Waals surface area (Å²) in [6, 6.07) is 7.80. The molecule has 0 radical (unpaired) electrons. The molecule has 3 heterocycles. The Morgan fingerprint density at radius 3 is 2.64 bits per heavy atom. The fourth-order valence-corrected chi connectivity index (χ4v) is 6.91. The molecule has 2 saturated heterocycles. The highest BCUT2D eigenvalue weighted by Crippen LogP contribution is 2.32. The fraction of sp³-hybridized carbons (Fsp3) is 0.565. The molecule has 0 spiro atoms. The van der Waals surface area contributed by atoms with Gasteiger partial charge in [0.25, 0.3) is 5.91 Å². The van der Waals surface area contributed by atoms with E-state index in [-0.39, 0.29) is 17.6 Å². The van der Waals surface area contributed by atoms with Crippen LogP contribution >= 0.6 is 11.3 Å². The second-order valence-corrected chi connectivity index (χ2v) is 11.5. The lowest BCUT2D eigenvalue weighted by atomic mass is 9.99. The summed E-state index contributed by atoms with van der Waals surface area (Å²) in [6.45, 7) is 5.97. The van der Waals surface area contributed by atoms with Crippen LogP contribution in [0, 0.1) is 0 Å². The Morgan fingerprint density at radius 1 is 1.18 bits per heavy atom. The van der Waals surface area contributed by atoms with E-state index in [4.69, 9.17) is 4.74 Å². The molecule has 1 aromatic heterocycles. The molecule has 0 unspecified atom stereocenters. The molecule has 0 bridgehead atoms. The first kappa shape index (κ1) is 24.1. The molecule has 2 aromatic rings. The number of sulfonamides is 1. The Morgan fingerprint density at radius 2 is 1.91 bits per heavy atom. The molecule has 1 N–H and O–H groups in total. The molecular formula is C23H32N4O4S2. The summed E-state index contributed by atoms with van der Waals surface area (Å²) in [5.74, 6) is 0.189. The van der Waals surface area contributed by atoms with Crippen LogP contribution in [0.15, 0.2) is 29.6 Å². The summed E-state index contributed by atoms with van der Waals surface area (Å²) in [4.78, 5) is 19.8. The summed E-state index contributed by atoms with van der Waals surface area (Å²) in [5.41, 5.74) is 2.16. The Balaban J connectivity index is 1.37. The van der Waals surface area contributed by atoms with E-state index in [1.165, 1.54) is 11.3 Å². The number of morpholine rings is 1. The van der Waals surface area contributed by atoms with Gasteiger partial charge in [-0.25, -0.2) is 17.7 Å². The van der Waals surface area contributed by atoms with Crippen molar-refractivity contribution in [1.29, 1.82) is 0 Å². The van der Waals surface area contributed by atoms with Crippen LogP contribution in [0.2, 0.25) is 0 Å². The second kappa shape index (κ2) is 10.9. The van der Waals surface area contributed by atoms with Crippen LogP contribution in [0.4, 0.5) is 11.4 Å². The summed E-state index contributed by atoms with van der Waals surface area (Å²) < 4.78 is 31.9. The standard InChI is InChI=1S/C23H32N4O4S2/c1-2-3-16-33(29,30)27-10-8-18(9-11-27)23-25-20(17-32-23)22(28)24-19-6-4-5-7-21(19)26-12-14-31-15-13-26/h4-7,17-18H,2-3,8-16H2,1H3,(H,24,28). The Bertz CT molecular complexity index is 1040. The normalized spacial score (nSPS) is 18.4. The number of anilines is 2. The Labute approximate surface area is 200 Å². The van der Waals surface area contributed by atoms with Crippen LogP contribution < -0.4 is 10.2 Å². The summed E-state index contributed by atoms with van der Waals surface area (Å²) in [7, 11) is -3.17. The number of hydrogen-bond donors (Lipinski definition) is 1. The van der Waals surface area contributed by atoms with Gasteiger partial charge in [0.05, 0.1) is 35.3 Å². The van der Waals surface area contributed by atoms with Gasteiger partial charge >= 0.3 is 0 Å². The van der Waals surface area contributed by atoms with Crippen LogP contribution in [-0.4, -0.2) is 68.8 Å². The molecular weight excluding hydrogens is 460 g/mol. The average Bonchev–Trinajstić information content (AvgIpc) is 3.34. The van der Waals surface area contributed by atoms with E-state index in [0.717, 1.165) is 48.7 Å². The Kier molecular flexibility index (Phi) is 8.00. The smallest absolute Gasteiger partial charge is 0.275 e. The minimum atomic E-state index is -3.17. The van der Waals surface area contributed by atoms with Crippen LogP contribution in [-0.2, 0) is 14.8 Å². The maximum atomic E-state index is 12.9. The van der Waals surface area contributed by atoms with Crippen molar-refractivity contribution in [2.24, 2.45) is 0 Å². The van der Waals surface area contributed by atoms with Gasteiger partial charge in [-0.3, -0.25) is 4.79 Å². The first-order valence-corrected chi connectivity index (χ1v) is 14.1. The molecule has 0 atom stereocenters. The van der Waals surface area contributed by atoms with E-state index in [1.807, 2.05) is 31.2 Å². The maximum absolute atomic E-state index is 12.9. The molecule has 4 rings (SSSR count). The van der Waals surface area contributed by atoms with Gasteiger partial charge in [0, 0.05) is 37.5 Å². The molecule has 0 saturated carbocycles. The van der Waals surface area contributed by atoms with Crippen LogP contribution in [0.25, 0.3) is 0 Å². The largest absolute Gasteiger partial charge is 0.378 e. The zero-order chi connectivity index (χ0) is 23.3. The molecule has 180 valence electrons. The third-order valence-corrected chi connectivity index (χ3v) is 9.17. The highest BCUT2D eigenvalue weighted by atomic mass is 32.2. The van der Waals surface area contributed by atoms with Crippen LogP contribution in [0.3, 0.4) is 0 Å². The third kappa shape index (κ3) is 5.92. The van der Waals surface area contributed by atoms with Crippen LogP contribution in [0.5, 0.6) is 0 Å². The highest BCUT2D eigenvalue weighted by molar-refractivity contribution is 7.89. The van der Waals surface area contributed by atoms with E-state index < -0.39 is 10.0 Å². The Hall–Kier alpha value is -2.01. The number of para-hydroxylation sites is 2. The molecule has 2 aliphatic heterocycles. The van der Waals surface area contributed by atoms with Crippen molar-refractivity contribution in [2.75, 3.05) is 55.4 Å². The second-order valence-electron chi connectivity index (χ2n) is 8.48. The minimum absolute atomic E-state index is 0.190. The lowest BCUT2D eigenvalue weighted by Crippen LogP contribution is -2.39. The van der Waals surface area contributed by atoms with E-state index >= 15 is 0 Å². The SMILES string of the molecule is CCCCS(=O)(=O)N1CCC(c2nc(C(=O)Nc3ccccc3N3CCOCC3)cs2)CC1. The molecule has 10 heteroatoms. The van der Waals surface area contributed by atoms with Crippen molar-refractivity contribution in [3.05, 3.63) is 40.3 Å². The molecule has 33 heavy (non-hydrogen) atoms. The highest BCUT2D eigenvalue weighted by Gasteiger charge is 2.30. The van der Waals surface area contributed by atoms with Crippen LogP contribution in [0.1, 0.15) is 54.0 Å². The lowest BCUT2D eigenvalue weighted by molar-refractivity contribution is 0.102. The van der Waals surface area contributed by atoms with E-state index in [1.54, 1.807) is 9.69 Å². The zero-order valence-electron chi connectivity index (χ0n) is 19.0. The topological polar surface area (TPSA) is 91.8 Å². The number of rotatable bonds is 8. The molecule has 0 aliphatic carbocycles. The van der Waals surface area contributed by atoms with Gasteiger partial charge in [-0.05, 0) is 31.4 Å². The van der Waals surface area contributed by atoms with Gasteiger partial charge in [0.2, 0.25) is 10.0 Å². The van der Waals surface area contributed by atoms with Gasteiger partial charge in [0.15, 0.2) is 0 Å². The third-order valence-electron chi connectivity index (χ3n) is 6.21. The minimum Gasteiger partial charge on any atom is -0.378 e. The molecule has 1 aromatic carbocycles. The molecule has 8 nitrogen and oxygen atoms in total. The van der Waals surface area contributed by atoms with Crippen molar-refractivity contribution in [1.82, 2.24) is 9.29 Å². The van der Waals surface area contributed by atoms with Gasteiger partial charge < -0.3 is 15.0 Å². The van der Waals surface area contributed by atoms with E-state index in [9.17, 15) is 13.2 Å². The number of ether oxygens (including phenoxy) is 1. The molecule has 2 fully saturated rings. The molecule has 2 aliphatic rings. The van der Waals surface area contributed by atoms with Gasteiger partial charge in [-0.2, -0.15) is 0 Å². The summed E-state index contributed by atoms with van der Waals surface area (Å²) >= 11 is 1.48. The van der Waals surface area contributed by atoms with E-state index in [0.29, 0.717) is 38.4 Å². The number of carbonyl (C=O) groups excluding carboxylic acids is 1. The number of benzene rings is 1. The van der Waals surface area contributed by atoms with Crippen molar-refractivity contribution < 1.29 is 17.9 Å². The maximum Gasteiger partial charge on any atom is 0.275 e. The quantitative estimate of drug-likeness (QED) is 0.606. The predicted molar refractivity (Wildman–Crippen MR) is 132 cm³/mol.